The van der Waals surface area contributed by atoms with Crippen LogP contribution >= 0.6 is 0 Å². The van der Waals surface area contributed by atoms with E-state index >= 15 is 0 Å². The van der Waals surface area contributed by atoms with Crippen molar-refractivity contribution in [3.8, 4) is 0 Å². The smallest absolute Gasteiger partial charge is 0.112 e. The Morgan fingerprint density at radius 3 is 2.45 bits per heavy atom. The summed E-state index contributed by atoms with van der Waals surface area (Å²) in [5, 5.41) is 18.4. The molecular weight excluding hydrogens is 150 g/mol. The molecule has 0 aromatic carbocycles. The van der Waals surface area contributed by atoms with Crippen LogP contribution in [0.2, 0.25) is 0 Å². The van der Waals surface area contributed by atoms with Gasteiger partial charge in [-0.3, -0.25) is 4.39 Å². The van der Waals surface area contributed by atoms with Crippen molar-refractivity contribution in [1.82, 2.24) is 0 Å². The molecule has 1 aliphatic carbocycles. The van der Waals surface area contributed by atoms with Gasteiger partial charge < -0.3 is 14.9 Å². The molecule has 1 heterocycles. The maximum absolute atomic E-state index is 12.3. The Labute approximate surface area is 64.6 Å². The van der Waals surface area contributed by atoms with Gasteiger partial charge in [0.1, 0.15) is 14.5 Å². The van der Waals surface area contributed by atoms with E-state index in [1.807, 2.05) is 0 Å². The van der Waals surface area contributed by atoms with Gasteiger partial charge in [0, 0.05) is 6.00 Å². The number of hydrogen-bond acceptors (Lipinski definition) is 3. The summed E-state index contributed by atoms with van der Waals surface area (Å²) in [4.78, 5) is 0. The van der Waals surface area contributed by atoms with E-state index in [2.05, 4.69) is 0 Å². The molecule has 1 aliphatic heterocycles. The zero-order valence-electron chi connectivity index (χ0n) is 5.77. The van der Waals surface area contributed by atoms with Crippen LogP contribution in [0.4, 0.5) is 4.39 Å². The lowest BCUT2D eigenvalue weighted by Crippen LogP contribution is -2.35. The van der Waals surface area contributed by atoms with Crippen molar-refractivity contribution in [2.24, 2.45) is 5.41 Å². The lowest BCUT2D eigenvalue weighted by molar-refractivity contribution is -0.00716. The normalized spacial score (nSPS) is 61.0. The Kier molecular flexibility index (Phi) is 1.35. The zero-order valence-corrected chi connectivity index (χ0v) is 5.77. The van der Waals surface area contributed by atoms with Crippen LogP contribution in [0.1, 0.15) is 0 Å². The van der Waals surface area contributed by atoms with Gasteiger partial charge in [-0.1, -0.05) is 0 Å². The molecule has 5 heteroatoms. The fourth-order valence-corrected chi connectivity index (χ4v) is 1.73. The molecule has 60 valence electrons. The largest absolute Gasteiger partial charge is 0.390 e. The standard InChI is InChI=1S/C6H8BFO3/c7-5-3(10)6(1-8)2(9)4(6)11-5/h2-5,9-10H,1H2. The number of rotatable bonds is 1. The minimum Gasteiger partial charge on any atom is -0.390 e. The van der Waals surface area contributed by atoms with E-state index in [1.54, 1.807) is 0 Å². The molecule has 2 rings (SSSR count). The molecule has 5 unspecified atom stereocenters. The number of aliphatic hydroxyl groups excluding tert-OH is 2. The first-order valence-electron chi connectivity index (χ1n) is 3.47. The zero-order chi connectivity index (χ0) is 8.22. The van der Waals surface area contributed by atoms with Crippen molar-refractivity contribution >= 4 is 7.85 Å². The van der Waals surface area contributed by atoms with Crippen LogP contribution in [0.5, 0.6) is 0 Å². The van der Waals surface area contributed by atoms with Crippen LogP contribution in [0.3, 0.4) is 0 Å². The summed E-state index contributed by atoms with van der Waals surface area (Å²) in [6, 6.07) is -0.848. The molecule has 0 spiro atoms. The lowest BCUT2D eigenvalue weighted by Gasteiger charge is -2.18. The van der Waals surface area contributed by atoms with Gasteiger partial charge in [0.25, 0.3) is 0 Å². The number of alkyl halides is 1. The first-order chi connectivity index (χ1) is 5.14. The number of fused-ring (bicyclic) bond motifs is 1. The lowest BCUT2D eigenvalue weighted by atomic mass is 9.86. The second-order valence-electron chi connectivity index (χ2n) is 3.16. The molecule has 2 aliphatic rings. The molecular formula is C6H8BFO3. The number of hydrogen-bond donors (Lipinski definition) is 2. The molecule has 0 bridgehead atoms. The highest BCUT2D eigenvalue weighted by Gasteiger charge is 2.75. The van der Waals surface area contributed by atoms with Crippen LogP contribution < -0.4 is 0 Å². The third kappa shape index (κ3) is 0.642. The Balaban J connectivity index is 2.20. The van der Waals surface area contributed by atoms with E-state index < -0.39 is 36.4 Å². The summed E-state index contributed by atoms with van der Waals surface area (Å²) in [6.45, 7) is -0.784. The molecule has 0 aromatic rings. The molecule has 2 radical (unpaired) electrons. The van der Waals surface area contributed by atoms with E-state index in [1.165, 1.54) is 0 Å². The Morgan fingerprint density at radius 1 is 1.45 bits per heavy atom. The highest BCUT2D eigenvalue weighted by atomic mass is 19.1. The summed E-state index contributed by atoms with van der Waals surface area (Å²) in [7, 11) is 5.27. The Morgan fingerprint density at radius 2 is 2.09 bits per heavy atom. The SMILES string of the molecule is [B]C1OC2C(O)C2(CF)C1O. The van der Waals surface area contributed by atoms with Gasteiger partial charge in [0.15, 0.2) is 0 Å². The summed E-state index contributed by atoms with van der Waals surface area (Å²) in [5.41, 5.74) is -1.11. The van der Waals surface area contributed by atoms with Crippen molar-refractivity contribution in [2.75, 3.05) is 6.67 Å². The maximum atomic E-state index is 12.3. The van der Waals surface area contributed by atoms with E-state index in [4.69, 9.17) is 17.7 Å². The minimum atomic E-state index is -1.11. The first-order valence-corrected chi connectivity index (χ1v) is 3.47. The summed E-state index contributed by atoms with van der Waals surface area (Å²) in [6.07, 6.45) is -2.56. The van der Waals surface area contributed by atoms with Gasteiger partial charge in [-0.15, -0.1) is 0 Å². The van der Waals surface area contributed by atoms with Crippen molar-refractivity contribution in [1.29, 1.82) is 0 Å². The molecule has 11 heavy (non-hydrogen) atoms. The monoisotopic (exact) mass is 158 g/mol. The predicted molar refractivity (Wildman–Crippen MR) is 34.8 cm³/mol. The molecule has 1 saturated heterocycles. The van der Waals surface area contributed by atoms with Gasteiger partial charge in [-0.2, -0.15) is 0 Å². The number of ether oxygens (including phenoxy) is 1. The van der Waals surface area contributed by atoms with Crippen LogP contribution in [-0.2, 0) is 4.74 Å². The van der Waals surface area contributed by atoms with E-state index in [0.29, 0.717) is 0 Å². The second-order valence-corrected chi connectivity index (χ2v) is 3.16. The van der Waals surface area contributed by atoms with E-state index in [-0.39, 0.29) is 0 Å². The average Bonchev–Trinajstić information content (AvgIpc) is 2.45. The highest BCUT2D eigenvalue weighted by Crippen LogP contribution is 2.57. The quantitative estimate of drug-likeness (QED) is 0.460. The fraction of sp³-hybridized carbons (Fsp3) is 1.00. The van der Waals surface area contributed by atoms with Crippen LogP contribution in [0, 0.1) is 5.41 Å². The molecule has 2 N–H and O–H groups in total. The maximum Gasteiger partial charge on any atom is 0.112 e. The molecule has 2 fully saturated rings. The molecule has 3 nitrogen and oxygen atoms in total. The molecule has 5 atom stereocenters. The highest BCUT2D eigenvalue weighted by molar-refractivity contribution is 6.11. The molecule has 0 amide bonds. The van der Waals surface area contributed by atoms with Gasteiger partial charge in [-0.05, 0) is 0 Å². The third-order valence-electron chi connectivity index (χ3n) is 2.66. The van der Waals surface area contributed by atoms with Crippen molar-refractivity contribution < 1.29 is 19.3 Å². The third-order valence-corrected chi connectivity index (χ3v) is 2.66. The molecule has 0 aromatic heterocycles. The van der Waals surface area contributed by atoms with Gasteiger partial charge >= 0.3 is 0 Å². The summed E-state index contributed by atoms with van der Waals surface area (Å²) < 4.78 is 17.2. The number of halogens is 1. The van der Waals surface area contributed by atoms with Gasteiger partial charge in [0.05, 0.1) is 23.7 Å². The van der Waals surface area contributed by atoms with Crippen LogP contribution in [0.15, 0.2) is 0 Å². The van der Waals surface area contributed by atoms with E-state index in [9.17, 15) is 9.50 Å². The Bertz CT molecular complexity index is 191. The predicted octanol–water partition coefficient (Wildman–Crippen LogP) is -1.43. The molecule has 1 saturated carbocycles. The van der Waals surface area contributed by atoms with Crippen LogP contribution in [-0.4, -0.2) is 49.0 Å². The van der Waals surface area contributed by atoms with Crippen molar-refractivity contribution in [2.45, 2.75) is 24.3 Å². The number of aliphatic hydroxyl groups is 2. The minimum absolute atomic E-state index is 0.600. The first kappa shape index (κ1) is 7.52. The van der Waals surface area contributed by atoms with Gasteiger partial charge in [0.2, 0.25) is 0 Å². The summed E-state index contributed by atoms with van der Waals surface area (Å²) in [5.74, 6) is 0. The summed E-state index contributed by atoms with van der Waals surface area (Å²) >= 11 is 0. The Hall–Kier alpha value is -0.125. The average molecular weight is 158 g/mol. The van der Waals surface area contributed by atoms with Gasteiger partial charge in [-0.25, -0.2) is 0 Å². The van der Waals surface area contributed by atoms with Crippen LogP contribution in [0.25, 0.3) is 0 Å². The second kappa shape index (κ2) is 1.97. The fourth-order valence-electron chi connectivity index (χ4n) is 1.73. The van der Waals surface area contributed by atoms with E-state index in [0.717, 1.165) is 0 Å². The topological polar surface area (TPSA) is 49.7 Å². The van der Waals surface area contributed by atoms with Crippen molar-refractivity contribution in [3.63, 3.8) is 0 Å². The van der Waals surface area contributed by atoms with Crippen molar-refractivity contribution in [3.05, 3.63) is 0 Å².